The van der Waals surface area contributed by atoms with Gasteiger partial charge in [-0.25, -0.2) is 0 Å². The van der Waals surface area contributed by atoms with E-state index in [2.05, 4.69) is 12.2 Å². The molecule has 0 spiro atoms. The number of aromatic nitrogens is 1. The molecule has 0 saturated heterocycles. The van der Waals surface area contributed by atoms with E-state index in [-0.39, 0.29) is 18.2 Å². The van der Waals surface area contributed by atoms with Crippen molar-refractivity contribution in [2.75, 3.05) is 13.7 Å². The first-order valence-electron chi connectivity index (χ1n) is 10.2. The van der Waals surface area contributed by atoms with E-state index in [0.29, 0.717) is 22.9 Å². The van der Waals surface area contributed by atoms with E-state index < -0.39 is 0 Å². The second kappa shape index (κ2) is 9.81. The Morgan fingerprint density at radius 2 is 1.83 bits per heavy atom. The van der Waals surface area contributed by atoms with Gasteiger partial charge in [0.1, 0.15) is 5.75 Å². The van der Waals surface area contributed by atoms with Gasteiger partial charge in [-0.05, 0) is 61.4 Å². The Labute approximate surface area is 182 Å². The average molecular weight is 427 g/mol. The maximum atomic E-state index is 13.3. The molecule has 1 N–H and O–H groups in total. The minimum absolute atomic E-state index is 0.0463. The standard InChI is InChI=1S/C24H27ClN2O3/c1-4-5-6-13-26-23(28)15-20-16(2)27(22-12-11-19(30-3)14-21(20)22)24(29)17-7-9-18(25)10-8-17/h7-12,14H,4-6,13,15H2,1-3H3,(H,26,28). The number of fused-ring (bicyclic) bond motifs is 1. The maximum absolute atomic E-state index is 13.3. The van der Waals surface area contributed by atoms with Crippen molar-refractivity contribution in [1.29, 1.82) is 0 Å². The summed E-state index contributed by atoms with van der Waals surface area (Å²) in [7, 11) is 1.60. The Balaban J connectivity index is 1.99. The summed E-state index contributed by atoms with van der Waals surface area (Å²) < 4.78 is 7.04. The predicted molar refractivity (Wildman–Crippen MR) is 121 cm³/mol. The summed E-state index contributed by atoms with van der Waals surface area (Å²) in [6, 6.07) is 12.4. The molecule has 0 bridgehead atoms. The van der Waals surface area contributed by atoms with E-state index in [1.807, 2.05) is 25.1 Å². The van der Waals surface area contributed by atoms with Crippen molar-refractivity contribution in [3.05, 3.63) is 64.3 Å². The molecule has 0 aliphatic rings. The zero-order valence-corrected chi connectivity index (χ0v) is 18.4. The summed E-state index contributed by atoms with van der Waals surface area (Å²) >= 11 is 5.97. The Hall–Kier alpha value is -2.79. The second-order valence-electron chi connectivity index (χ2n) is 7.33. The molecule has 0 saturated carbocycles. The molecule has 5 nitrogen and oxygen atoms in total. The number of rotatable bonds is 8. The van der Waals surface area contributed by atoms with Crippen LogP contribution in [0.3, 0.4) is 0 Å². The van der Waals surface area contributed by atoms with E-state index in [1.54, 1.807) is 35.9 Å². The number of hydrogen-bond donors (Lipinski definition) is 1. The summed E-state index contributed by atoms with van der Waals surface area (Å²) in [6.07, 6.45) is 3.37. The first kappa shape index (κ1) is 21.9. The van der Waals surface area contributed by atoms with Crippen LogP contribution in [0.5, 0.6) is 5.75 Å². The summed E-state index contributed by atoms with van der Waals surface area (Å²) in [6.45, 7) is 4.67. The van der Waals surface area contributed by atoms with Crippen LogP contribution in [0.4, 0.5) is 0 Å². The zero-order chi connectivity index (χ0) is 21.7. The number of ether oxygens (including phenoxy) is 1. The molecule has 158 valence electrons. The molecule has 6 heteroatoms. The first-order valence-corrected chi connectivity index (χ1v) is 10.6. The third kappa shape index (κ3) is 4.68. The quantitative estimate of drug-likeness (QED) is 0.507. The molecular formula is C24H27ClN2O3. The summed E-state index contributed by atoms with van der Waals surface area (Å²) in [4.78, 5) is 25.8. The molecule has 30 heavy (non-hydrogen) atoms. The summed E-state index contributed by atoms with van der Waals surface area (Å²) in [5.74, 6) is 0.479. The highest BCUT2D eigenvalue weighted by Crippen LogP contribution is 2.30. The van der Waals surface area contributed by atoms with Crippen molar-refractivity contribution >= 4 is 34.3 Å². The molecule has 1 aromatic heterocycles. The lowest BCUT2D eigenvalue weighted by molar-refractivity contribution is -0.120. The van der Waals surface area contributed by atoms with E-state index in [4.69, 9.17) is 16.3 Å². The lowest BCUT2D eigenvalue weighted by Crippen LogP contribution is -2.26. The van der Waals surface area contributed by atoms with Gasteiger partial charge in [0, 0.05) is 28.2 Å². The van der Waals surface area contributed by atoms with Crippen molar-refractivity contribution in [3.8, 4) is 5.75 Å². The van der Waals surface area contributed by atoms with Crippen LogP contribution < -0.4 is 10.1 Å². The van der Waals surface area contributed by atoms with Crippen LogP contribution in [0.1, 0.15) is 47.8 Å². The minimum Gasteiger partial charge on any atom is -0.497 e. The molecule has 0 unspecified atom stereocenters. The number of benzene rings is 2. The van der Waals surface area contributed by atoms with Crippen LogP contribution in [0.25, 0.3) is 10.9 Å². The van der Waals surface area contributed by atoms with Gasteiger partial charge in [0.25, 0.3) is 5.91 Å². The topological polar surface area (TPSA) is 60.3 Å². The normalized spacial score (nSPS) is 10.9. The third-order valence-electron chi connectivity index (χ3n) is 5.28. The van der Waals surface area contributed by atoms with Gasteiger partial charge in [0.2, 0.25) is 5.91 Å². The van der Waals surface area contributed by atoms with E-state index in [0.717, 1.165) is 41.4 Å². The lowest BCUT2D eigenvalue weighted by Gasteiger charge is -2.08. The Kier molecular flexibility index (Phi) is 7.16. The lowest BCUT2D eigenvalue weighted by atomic mass is 10.1. The van der Waals surface area contributed by atoms with Gasteiger partial charge in [0.15, 0.2) is 0 Å². The number of hydrogen-bond acceptors (Lipinski definition) is 3. The van der Waals surface area contributed by atoms with Gasteiger partial charge in [-0.2, -0.15) is 0 Å². The second-order valence-corrected chi connectivity index (χ2v) is 7.76. The van der Waals surface area contributed by atoms with Crippen LogP contribution in [0.15, 0.2) is 42.5 Å². The Bertz CT molecular complexity index is 1050. The zero-order valence-electron chi connectivity index (χ0n) is 17.6. The number of carbonyl (C=O) groups is 2. The summed E-state index contributed by atoms with van der Waals surface area (Å²) in [5, 5.41) is 4.40. The van der Waals surface area contributed by atoms with Crippen molar-refractivity contribution < 1.29 is 14.3 Å². The number of halogens is 1. The SMILES string of the molecule is CCCCCNC(=O)Cc1c(C)n(C(=O)c2ccc(Cl)cc2)c2ccc(OC)cc12. The highest BCUT2D eigenvalue weighted by molar-refractivity contribution is 6.30. The third-order valence-corrected chi connectivity index (χ3v) is 5.53. The molecule has 0 radical (unpaired) electrons. The highest BCUT2D eigenvalue weighted by Gasteiger charge is 2.22. The predicted octanol–water partition coefficient (Wildman–Crippen LogP) is 5.15. The molecule has 3 rings (SSSR count). The molecule has 1 amide bonds. The number of carbonyl (C=O) groups excluding carboxylic acids is 2. The molecule has 0 aliphatic carbocycles. The molecular weight excluding hydrogens is 400 g/mol. The fourth-order valence-corrected chi connectivity index (χ4v) is 3.75. The van der Waals surface area contributed by atoms with Gasteiger partial charge in [0.05, 0.1) is 19.0 Å². The number of nitrogens with one attached hydrogen (secondary N) is 1. The number of nitrogens with zero attached hydrogens (tertiary/aromatic N) is 1. The highest BCUT2D eigenvalue weighted by atomic mass is 35.5. The van der Waals surface area contributed by atoms with Gasteiger partial charge >= 0.3 is 0 Å². The van der Waals surface area contributed by atoms with Gasteiger partial charge in [-0.1, -0.05) is 31.4 Å². The van der Waals surface area contributed by atoms with Crippen LogP contribution in [-0.2, 0) is 11.2 Å². The molecule has 1 heterocycles. The molecule has 0 fully saturated rings. The monoisotopic (exact) mass is 426 g/mol. The van der Waals surface area contributed by atoms with Crippen molar-refractivity contribution in [2.45, 2.75) is 39.5 Å². The fourth-order valence-electron chi connectivity index (χ4n) is 3.62. The average Bonchev–Trinajstić information content (AvgIpc) is 3.02. The molecule has 0 aliphatic heterocycles. The number of amides is 1. The number of unbranched alkanes of at least 4 members (excludes halogenated alkanes) is 2. The Morgan fingerprint density at radius 1 is 1.10 bits per heavy atom. The van der Waals surface area contributed by atoms with E-state index in [9.17, 15) is 9.59 Å². The van der Waals surface area contributed by atoms with Gasteiger partial charge in [-0.3, -0.25) is 14.2 Å². The van der Waals surface area contributed by atoms with Crippen LogP contribution in [0.2, 0.25) is 5.02 Å². The molecule has 2 aromatic carbocycles. The minimum atomic E-state index is -0.158. The molecule has 3 aromatic rings. The maximum Gasteiger partial charge on any atom is 0.262 e. The largest absolute Gasteiger partial charge is 0.497 e. The fraction of sp³-hybridized carbons (Fsp3) is 0.333. The van der Waals surface area contributed by atoms with Crippen molar-refractivity contribution in [2.24, 2.45) is 0 Å². The van der Waals surface area contributed by atoms with Crippen LogP contribution >= 0.6 is 11.6 Å². The smallest absolute Gasteiger partial charge is 0.262 e. The van der Waals surface area contributed by atoms with Crippen LogP contribution in [-0.4, -0.2) is 30.0 Å². The first-order chi connectivity index (χ1) is 14.5. The molecule has 0 atom stereocenters. The van der Waals surface area contributed by atoms with Crippen molar-refractivity contribution in [1.82, 2.24) is 9.88 Å². The van der Waals surface area contributed by atoms with E-state index in [1.165, 1.54) is 0 Å². The number of methoxy groups -OCH3 is 1. The summed E-state index contributed by atoms with van der Waals surface area (Å²) in [5.41, 5.74) is 2.87. The Morgan fingerprint density at radius 3 is 2.50 bits per heavy atom. The van der Waals surface area contributed by atoms with Gasteiger partial charge < -0.3 is 10.1 Å². The van der Waals surface area contributed by atoms with E-state index >= 15 is 0 Å². The van der Waals surface area contributed by atoms with Crippen molar-refractivity contribution in [3.63, 3.8) is 0 Å². The van der Waals surface area contributed by atoms with Gasteiger partial charge in [-0.15, -0.1) is 0 Å². The van der Waals surface area contributed by atoms with Crippen LogP contribution in [0, 0.1) is 6.92 Å².